The van der Waals surface area contributed by atoms with Crippen molar-refractivity contribution in [1.29, 1.82) is 0 Å². The van der Waals surface area contributed by atoms with Crippen molar-refractivity contribution in [2.75, 3.05) is 38.1 Å². The molecule has 11 aromatic rings. The highest BCUT2D eigenvalue weighted by Gasteiger charge is 2.32. The monoisotopic (exact) mass is 1400 g/mol. The van der Waals surface area contributed by atoms with Gasteiger partial charge >= 0.3 is 10.1 Å². The number of benzene rings is 7. The van der Waals surface area contributed by atoms with E-state index >= 15 is 0 Å². The van der Waals surface area contributed by atoms with E-state index in [1.807, 2.05) is 24.3 Å². The molecule has 0 amide bonds. The van der Waals surface area contributed by atoms with Crippen LogP contribution in [0.5, 0.6) is 28.7 Å². The lowest BCUT2D eigenvalue weighted by molar-refractivity contribution is 0.346. The van der Waals surface area contributed by atoms with E-state index in [1.165, 1.54) is 66.1 Å². The van der Waals surface area contributed by atoms with E-state index in [4.69, 9.17) is 18.9 Å². The Morgan fingerprint density at radius 2 is 0.944 bits per heavy atom. The molecule has 1 N–H and O–H groups in total. The van der Waals surface area contributed by atoms with Gasteiger partial charge in [-0.25, -0.2) is 45.8 Å². The number of methoxy groups -OCH3 is 4. The first kappa shape index (κ1) is 64.7. The smallest absolute Gasteiger partial charge is 0.339 e. The number of aromatic nitrogens is 6. The average Bonchev–Trinajstić information content (AvgIpc) is 1.12. The van der Waals surface area contributed by atoms with Crippen LogP contribution < -0.4 is 43.9 Å². The van der Waals surface area contributed by atoms with Crippen LogP contribution in [0.25, 0.3) is 33.2 Å². The number of rotatable bonds is 17. The highest BCUT2D eigenvalue weighted by atomic mass is 79.9. The first-order valence-corrected chi connectivity index (χ1v) is 30.6. The second-order valence-corrected chi connectivity index (χ2v) is 23.9. The van der Waals surface area contributed by atoms with Gasteiger partial charge in [0, 0.05) is 63.2 Å². The Morgan fingerprint density at radius 3 is 1.42 bits per heavy atom. The van der Waals surface area contributed by atoms with E-state index in [-0.39, 0.29) is 33.9 Å². The van der Waals surface area contributed by atoms with Gasteiger partial charge in [-0.15, -0.1) is 0 Å². The van der Waals surface area contributed by atoms with Crippen molar-refractivity contribution in [3.63, 3.8) is 0 Å². The van der Waals surface area contributed by atoms with Crippen LogP contribution in [0.2, 0.25) is 0 Å². The summed E-state index contributed by atoms with van der Waals surface area (Å²) in [7, 11) is -3.03. The molecule has 0 aliphatic rings. The number of anilines is 2. The van der Waals surface area contributed by atoms with Crippen LogP contribution in [0.15, 0.2) is 211 Å². The van der Waals surface area contributed by atoms with Gasteiger partial charge in [-0.05, 0) is 132 Å². The van der Waals surface area contributed by atoms with Crippen LogP contribution in [-0.4, -0.2) is 74.3 Å². The van der Waals surface area contributed by atoms with Crippen molar-refractivity contribution in [3.05, 3.63) is 252 Å². The second kappa shape index (κ2) is 28.2. The molecule has 0 aliphatic heterocycles. The lowest BCUT2D eigenvalue weighted by Gasteiger charge is -2.23. The maximum absolute atomic E-state index is 14.0. The normalized spacial score (nSPS) is 11.2. The molecule has 90 heavy (non-hydrogen) atoms. The lowest BCUT2D eigenvalue weighted by atomic mass is 10.2. The SMILES string of the molecule is COc1cc(Br)ccc1-n1c(=O)ccc2cc(S(=O)(=O)Oc3c(F)c(F)c(F)c(F)c3F)ccc21.COc1ccc(CN(c2ncccn2)S(=O)(=O)c2ccc3c(ccc(=O)n3-c3ccc(Br)cc3OC)c2)cc1.COc1ccc(CNc2ncccn2)cc1. The van der Waals surface area contributed by atoms with E-state index in [0.29, 0.717) is 56.5 Å². The van der Waals surface area contributed by atoms with Crippen molar-refractivity contribution in [2.24, 2.45) is 0 Å². The molecule has 28 heteroatoms. The molecular formula is C62H47Br2F5N8O11S2. The second-order valence-electron chi connectivity index (χ2n) is 18.7. The number of fused-ring (bicyclic) bond motifs is 2. The Balaban J connectivity index is 0.000000173. The Morgan fingerprint density at radius 1 is 0.500 bits per heavy atom. The summed E-state index contributed by atoms with van der Waals surface area (Å²) in [6, 6.07) is 41.8. The number of halogens is 7. The first-order valence-electron chi connectivity index (χ1n) is 26.2. The molecule has 0 radical (unpaired) electrons. The quantitative estimate of drug-likeness (QED) is 0.0387. The number of nitrogens with zero attached hydrogens (tertiary/aromatic N) is 7. The highest BCUT2D eigenvalue weighted by Crippen LogP contribution is 2.35. The molecule has 19 nitrogen and oxygen atoms in total. The van der Waals surface area contributed by atoms with Crippen LogP contribution in [-0.2, 0) is 33.2 Å². The number of nitrogens with one attached hydrogen (secondary N) is 1. The molecule has 0 atom stereocenters. The van der Waals surface area contributed by atoms with Gasteiger partial charge in [0.2, 0.25) is 46.7 Å². The topological polar surface area (TPSA) is 225 Å². The molecular weight excluding hydrogens is 1350 g/mol. The third-order valence-corrected chi connectivity index (χ3v) is 17.1. The Hall–Kier alpha value is -9.77. The summed E-state index contributed by atoms with van der Waals surface area (Å²) in [5, 5.41) is 3.87. The van der Waals surface area contributed by atoms with Gasteiger partial charge in [-0.1, -0.05) is 56.1 Å². The predicted molar refractivity (Wildman–Crippen MR) is 332 cm³/mol. The fourth-order valence-electron chi connectivity index (χ4n) is 8.77. The van der Waals surface area contributed by atoms with Crippen LogP contribution in [0.3, 0.4) is 0 Å². The molecule has 0 fully saturated rings. The molecule has 0 spiro atoms. The molecule has 0 aliphatic carbocycles. The molecule has 4 heterocycles. The summed E-state index contributed by atoms with van der Waals surface area (Å²) in [6.07, 6.45) is 6.40. The molecule has 4 aromatic heterocycles. The summed E-state index contributed by atoms with van der Waals surface area (Å²) < 4.78 is 152. The summed E-state index contributed by atoms with van der Waals surface area (Å²) in [4.78, 5) is 41.5. The largest absolute Gasteiger partial charge is 0.497 e. The minimum absolute atomic E-state index is 0.00394. The van der Waals surface area contributed by atoms with Crippen LogP contribution in [0, 0.1) is 29.1 Å². The zero-order valence-corrected chi connectivity index (χ0v) is 52.1. The Kier molecular flexibility index (Phi) is 20.2. The molecule has 0 unspecified atom stereocenters. The highest BCUT2D eigenvalue weighted by molar-refractivity contribution is 9.10. The minimum atomic E-state index is -5.06. The van der Waals surface area contributed by atoms with Crippen molar-refractivity contribution in [1.82, 2.24) is 29.1 Å². The predicted octanol–water partition coefficient (Wildman–Crippen LogP) is 12.3. The molecule has 11 rings (SSSR count). The van der Waals surface area contributed by atoms with Crippen LogP contribution in [0.1, 0.15) is 11.1 Å². The van der Waals surface area contributed by atoms with Crippen LogP contribution >= 0.6 is 31.9 Å². The van der Waals surface area contributed by atoms with Gasteiger partial charge in [0.25, 0.3) is 21.1 Å². The van der Waals surface area contributed by atoms with Gasteiger partial charge in [0.05, 0.1) is 62.3 Å². The Labute approximate surface area is 527 Å². The molecule has 0 bridgehead atoms. The zero-order valence-electron chi connectivity index (χ0n) is 47.3. The van der Waals surface area contributed by atoms with E-state index in [9.17, 15) is 48.4 Å². The zero-order chi connectivity index (χ0) is 64.4. The van der Waals surface area contributed by atoms with Gasteiger partial charge in [-0.2, -0.15) is 17.2 Å². The summed E-state index contributed by atoms with van der Waals surface area (Å²) in [6.45, 7) is 0.706. The summed E-state index contributed by atoms with van der Waals surface area (Å²) in [5.41, 5.74) is 2.75. The van der Waals surface area contributed by atoms with Crippen molar-refractivity contribution in [3.8, 4) is 40.1 Å². The standard InChI is InChI=1S/C28H23BrN4O5S.C22H11BrF5NO5S.C12H13N3O/c1-37-22-8-4-19(5-9-22)18-32(28-30-14-3-15-31-28)39(35,36)23-10-12-24-20(16-23)6-13-27(34)33(24)25-11-7-21(29)17-26(25)38-2;1-33-15-9-11(23)3-5-14(15)29-13-6-4-12(8-10(13)2-7-16(29)30)35(31,32)34-22-20(27)18(25)17(24)19(26)21(22)28;1-16-11-5-3-10(4-6-11)9-15-12-13-7-2-8-14-12/h3-17H,18H2,1-2H3;2-9H,1H3;2-8H,9H2,1H3,(H,13,14,15). The average molecular weight is 1400 g/mol. The van der Waals surface area contributed by atoms with Crippen molar-refractivity contribution in [2.45, 2.75) is 22.9 Å². The van der Waals surface area contributed by atoms with E-state index < -0.39 is 65.4 Å². The summed E-state index contributed by atoms with van der Waals surface area (Å²) in [5.74, 6) is -11.0. The fraction of sp³-hybridized carbons (Fsp3) is 0.0968. The minimum Gasteiger partial charge on any atom is -0.497 e. The summed E-state index contributed by atoms with van der Waals surface area (Å²) >= 11 is 6.71. The van der Waals surface area contributed by atoms with E-state index in [1.54, 1.807) is 112 Å². The van der Waals surface area contributed by atoms with E-state index in [0.717, 1.165) is 43.9 Å². The number of ether oxygens (including phenoxy) is 4. The number of pyridine rings is 2. The molecule has 0 saturated heterocycles. The molecule has 462 valence electrons. The number of sulfonamides is 1. The molecule has 0 saturated carbocycles. The lowest BCUT2D eigenvalue weighted by Crippen LogP contribution is -2.32. The van der Waals surface area contributed by atoms with Gasteiger partial charge in [-0.3, -0.25) is 18.7 Å². The first-order chi connectivity index (χ1) is 43.1. The third-order valence-electron chi connectivity index (χ3n) is 13.2. The third kappa shape index (κ3) is 14.4. The van der Waals surface area contributed by atoms with Gasteiger partial charge in [0.1, 0.15) is 27.9 Å². The van der Waals surface area contributed by atoms with Crippen molar-refractivity contribution >= 4 is 85.7 Å². The fourth-order valence-corrected chi connectivity index (χ4v) is 11.8. The van der Waals surface area contributed by atoms with Gasteiger partial charge in [0.15, 0.2) is 0 Å². The number of hydrogen-bond acceptors (Lipinski definition) is 16. The maximum Gasteiger partial charge on any atom is 0.339 e. The molecule has 7 aromatic carbocycles. The maximum atomic E-state index is 14.0. The number of hydrogen-bond donors (Lipinski definition) is 1. The van der Waals surface area contributed by atoms with Crippen LogP contribution in [0.4, 0.5) is 33.8 Å². The van der Waals surface area contributed by atoms with E-state index in [2.05, 4.69) is 61.3 Å². The van der Waals surface area contributed by atoms with Gasteiger partial charge < -0.3 is 28.4 Å². The Bertz CT molecular complexity index is 4770. The van der Waals surface area contributed by atoms with Crippen molar-refractivity contribution < 1.29 is 61.9 Å².